The lowest BCUT2D eigenvalue weighted by Gasteiger charge is -2.13. The smallest absolute Gasteiger partial charge is 0.241 e. The van der Waals surface area contributed by atoms with E-state index in [2.05, 4.69) is 10.6 Å². The summed E-state index contributed by atoms with van der Waals surface area (Å²) in [4.78, 5) is 12.0. The van der Waals surface area contributed by atoms with Gasteiger partial charge in [-0.25, -0.2) is 0 Å². The molecule has 1 aromatic rings. The van der Waals surface area contributed by atoms with Crippen molar-refractivity contribution >= 4 is 11.6 Å². The van der Waals surface area contributed by atoms with Crippen LogP contribution in [0.15, 0.2) is 18.2 Å². The summed E-state index contributed by atoms with van der Waals surface area (Å²) in [6.45, 7) is 0.902. The van der Waals surface area contributed by atoms with Gasteiger partial charge in [-0.1, -0.05) is 0 Å². The third-order valence-corrected chi connectivity index (χ3v) is 3.00. The molecular weight excluding hydrogens is 232 g/mol. The van der Waals surface area contributed by atoms with E-state index >= 15 is 0 Å². The fourth-order valence-corrected chi connectivity index (χ4v) is 2.02. The number of rotatable bonds is 4. The number of anilines is 1. The van der Waals surface area contributed by atoms with Crippen LogP contribution in [-0.2, 0) is 4.79 Å². The van der Waals surface area contributed by atoms with E-state index in [1.807, 2.05) is 0 Å². The fraction of sp³-hybridized carbons (Fsp3) is 0.462. The highest BCUT2D eigenvalue weighted by Crippen LogP contribution is 2.26. The van der Waals surface area contributed by atoms with Gasteiger partial charge in [0.1, 0.15) is 11.5 Å². The van der Waals surface area contributed by atoms with Gasteiger partial charge in [-0.15, -0.1) is 0 Å². The minimum Gasteiger partial charge on any atom is -0.497 e. The Hall–Kier alpha value is -1.75. The number of methoxy groups -OCH3 is 2. The number of hydrogen-bond acceptors (Lipinski definition) is 4. The third kappa shape index (κ3) is 2.92. The van der Waals surface area contributed by atoms with E-state index in [-0.39, 0.29) is 11.9 Å². The first-order valence-corrected chi connectivity index (χ1v) is 6.00. The lowest BCUT2D eigenvalue weighted by Crippen LogP contribution is -2.35. The van der Waals surface area contributed by atoms with Crippen molar-refractivity contribution in [3.63, 3.8) is 0 Å². The molecule has 2 rings (SSSR count). The molecule has 0 aliphatic carbocycles. The Morgan fingerprint density at radius 1 is 1.28 bits per heavy atom. The lowest BCUT2D eigenvalue weighted by atomic mass is 10.2. The first-order valence-electron chi connectivity index (χ1n) is 6.00. The average molecular weight is 250 g/mol. The fourth-order valence-electron chi connectivity index (χ4n) is 2.02. The molecule has 0 radical (unpaired) electrons. The van der Waals surface area contributed by atoms with Crippen molar-refractivity contribution in [2.75, 3.05) is 26.1 Å². The summed E-state index contributed by atoms with van der Waals surface area (Å²) in [6.07, 6.45) is 1.92. The second kappa shape index (κ2) is 5.73. The molecule has 5 heteroatoms. The van der Waals surface area contributed by atoms with Gasteiger partial charge in [-0.2, -0.15) is 0 Å². The second-order valence-electron chi connectivity index (χ2n) is 4.24. The highest BCUT2D eigenvalue weighted by atomic mass is 16.5. The van der Waals surface area contributed by atoms with E-state index < -0.39 is 0 Å². The van der Waals surface area contributed by atoms with Gasteiger partial charge in [-0.05, 0) is 19.4 Å². The van der Waals surface area contributed by atoms with Gasteiger partial charge in [0, 0.05) is 23.9 Å². The van der Waals surface area contributed by atoms with Gasteiger partial charge < -0.3 is 20.1 Å². The van der Waals surface area contributed by atoms with Crippen LogP contribution in [0.2, 0.25) is 0 Å². The van der Waals surface area contributed by atoms with Gasteiger partial charge in [-0.3, -0.25) is 4.79 Å². The number of benzene rings is 1. The number of carbonyl (C=O) groups is 1. The van der Waals surface area contributed by atoms with Crippen LogP contribution in [0.4, 0.5) is 5.69 Å². The number of carbonyl (C=O) groups excluding carboxylic acids is 1. The molecule has 1 amide bonds. The molecule has 1 atom stereocenters. The topological polar surface area (TPSA) is 59.6 Å². The third-order valence-electron chi connectivity index (χ3n) is 3.00. The molecule has 0 spiro atoms. The Balaban J connectivity index is 2.09. The maximum atomic E-state index is 12.0. The molecular formula is C13H18N2O3. The van der Waals surface area contributed by atoms with Crippen LogP contribution in [0.1, 0.15) is 12.8 Å². The summed E-state index contributed by atoms with van der Waals surface area (Å²) in [5, 5.41) is 6.03. The molecule has 2 N–H and O–H groups in total. The Morgan fingerprint density at radius 3 is 2.44 bits per heavy atom. The number of hydrogen-bond donors (Lipinski definition) is 2. The summed E-state index contributed by atoms with van der Waals surface area (Å²) < 4.78 is 10.3. The summed E-state index contributed by atoms with van der Waals surface area (Å²) >= 11 is 0. The van der Waals surface area contributed by atoms with Crippen molar-refractivity contribution in [3.05, 3.63) is 18.2 Å². The first-order chi connectivity index (χ1) is 8.72. The average Bonchev–Trinajstić information content (AvgIpc) is 2.92. The molecule has 1 aliphatic heterocycles. The van der Waals surface area contributed by atoms with Gasteiger partial charge in [0.25, 0.3) is 0 Å². The predicted molar refractivity (Wildman–Crippen MR) is 69.2 cm³/mol. The van der Waals surface area contributed by atoms with Crippen LogP contribution in [-0.4, -0.2) is 32.7 Å². The minimum atomic E-state index is -0.0952. The van der Waals surface area contributed by atoms with E-state index in [4.69, 9.17) is 9.47 Å². The SMILES string of the molecule is COc1cc(NC(=O)C2CCCN2)cc(OC)c1. The van der Waals surface area contributed by atoms with E-state index in [1.54, 1.807) is 32.4 Å². The zero-order chi connectivity index (χ0) is 13.0. The standard InChI is InChI=1S/C13H18N2O3/c1-17-10-6-9(7-11(8-10)18-2)15-13(16)12-4-3-5-14-12/h6-8,12,14H,3-5H2,1-2H3,(H,15,16). The molecule has 0 aromatic heterocycles. The van der Waals surface area contributed by atoms with Crippen LogP contribution >= 0.6 is 0 Å². The normalized spacial score (nSPS) is 18.4. The molecule has 98 valence electrons. The van der Waals surface area contributed by atoms with Crippen LogP contribution in [0.3, 0.4) is 0 Å². The summed E-state index contributed by atoms with van der Waals surface area (Å²) in [5.74, 6) is 1.30. The van der Waals surface area contributed by atoms with Crippen molar-refractivity contribution in [2.24, 2.45) is 0 Å². The monoisotopic (exact) mass is 250 g/mol. The maximum Gasteiger partial charge on any atom is 0.241 e. The van der Waals surface area contributed by atoms with Crippen LogP contribution in [0, 0.1) is 0 Å². The molecule has 5 nitrogen and oxygen atoms in total. The molecule has 1 saturated heterocycles. The van der Waals surface area contributed by atoms with Crippen molar-refractivity contribution < 1.29 is 14.3 Å². The first kappa shape index (κ1) is 12.7. The van der Waals surface area contributed by atoms with Gasteiger partial charge in [0.2, 0.25) is 5.91 Å². The van der Waals surface area contributed by atoms with E-state index in [0.717, 1.165) is 19.4 Å². The van der Waals surface area contributed by atoms with E-state index in [1.165, 1.54) is 0 Å². The zero-order valence-electron chi connectivity index (χ0n) is 10.7. The van der Waals surface area contributed by atoms with Gasteiger partial charge in [0.05, 0.1) is 20.3 Å². The van der Waals surface area contributed by atoms with Gasteiger partial charge in [0.15, 0.2) is 0 Å². The number of ether oxygens (including phenoxy) is 2. The van der Waals surface area contributed by atoms with Crippen molar-refractivity contribution in [1.29, 1.82) is 0 Å². The lowest BCUT2D eigenvalue weighted by molar-refractivity contribution is -0.117. The van der Waals surface area contributed by atoms with Gasteiger partial charge >= 0.3 is 0 Å². The number of amides is 1. The molecule has 1 heterocycles. The van der Waals surface area contributed by atoms with Crippen molar-refractivity contribution in [1.82, 2.24) is 5.32 Å². The molecule has 1 aromatic carbocycles. The maximum absolute atomic E-state index is 12.0. The highest BCUT2D eigenvalue weighted by molar-refractivity contribution is 5.95. The Kier molecular flexibility index (Phi) is 4.04. The second-order valence-corrected chi connectivity index (χ2v) is 4.24. The van der Waals surface area contributed by atoms with E-state index in [0.29, 0.717) is 17.2 Å². The predicted octanol–water partition coefficient (Wildman–Crippen LogP) is 1.39. The molecule has 0 saturated carbocycles. The van der Waals surface area contributed by atoms with Crippen molar-refractivity contribution in [3.8, 4) is 11.5 Å². The van der Waals surface area contributed by atoms with E-state index in [9.17, 15) is 4.79 Å². The number of nitrogens with one attached hydrogen (secondary N) is 2. The Labute approximate surface area is 106 Å². The molecule has 18 heavy (non-hydrogen) atoms. The summed E-state index contributed by atoms with van der Waals surface area (Å²) in [7, 11) is 3.16. The summed E-state index contributed by atoms with van der Waals surface area (Å²) in [6, 6.07) is 5.22. The molecule has 1 unspecified atom stereocenters. The Morgan fingerprint density at radius 2 is 1.94 bits per heavy atom. The minimum absolute atomic E-state index is 0.0113. The molecule has 1 fully saturated rings. The van der Waals surface area contributed by atoms with Crippen LogP contribution < -0.4 is 20.1 Å². The van der Waals surface area contributed by atoms with Crippen LogP contribution in [0.5, 0.6) is 11.5 Å². The molecule has 0 bridgehead atoms. The molecule has 1 aliphatic rings. The zero-order valence-corrected chi connectivity index (χ0v) is 10.7. The quantitative estimate of drug-likeness (QED) is 0.848. The highest BCUT2D eigenvalue weighted by Gasteiger charge is 2.22. The summed E-state index contributed by atoms with van der Waals surface area (Å²) in [5.41, 5.74) is 0.685. The van der Waals surface area contributed by atoms with Crippen molar-refractivity contribution in [2.45, 2.75) is 18.9 Å². The van der Waals surface area contributed by atoms with Crippen LogP contribution in [0.25, 0.3) is 0 Å². The Bertz CT molecular complexity index is 406. The largest absolute Gasteiger partial charge is 0.497 e.